The lowest BCUT2D eigenvalue weighted by Gasteiger charge is -1.95. The fourth-order valence-corrected chi connectivity index (χ4v) is 1.81. The molecule has 0 saturated heterocycles. The zero-order valence-electron chi connectivity index (χ0n) is 6.77. The number of nitrogens with zero attached hydrogens (tertiary/aromatic N) is 2. The first-order valence-electron chi connectivity index (χ1n) is 3.80. The van der Waals surface area contributed by atoms with E-state index in [4.69, 9.17) is 5.26 Å². The van der Waals surface area contributed by atoms with E-state index in [0.29, 0.717) is 5.69 Å². The van der Waals surface area contributed by atoms with Crippen molar-refractivity contribution in [3.63, 3.8) is 0 Å². The van der Waals surface area contributed by atoms with E-state index in [9.17, 15) is 0 Å². The number of rotatable bonds is 1. The van der Waals surface area contributed by atoms with E-state index in [0.717, 1.165) is 5.56 Å². The quantitative estimate of drug-likeness (QED) is 0.686. The van der Waals surface area contributed by atoms with Gasteiger partial charge in [-0.15, -0.1) is 11.3 Å². The largest absolute Gasteiger partial charge is 0.246 e. The van der Waals surface area contributed by atoms with Crippen molar-refractivity contribution in [2.45, 2.75) is 0 Å². The minimum atomic E-state index is 0.464. The van der Waals surface area contributed by atoms with Crippen LogP contribution in [0.1, 0.15) is 5.69 Å². The summed E-state index contributed by atoms with van der Waals surface area (Å²) in [4.78, 5) is 5.08. The summed E-state index contributed by atoms with van der Waals surface area (Å²) in [6, 6.07) is 9.75. The molecule has 0 aliphatic carbocycles. The lowest BCUT2D eigenvalue weighted by atomic mass is 10.2. The van der Waals surface area contributed by atoms with E-state index in [2.05, 4.69) is 4.98 Å². The van der Waals surface area contributed by atoms with Crippen molar-refractivity contribution in [1.82, 2.24) is 4.98 Å². The minimum Gasteiger partial charge on any atom is -0.246 e. The molecule has 0 N–H and O–H groups in total. The molecule has 2 rings (SSSR count). The minimum absolute atomic E-state index is 0.464. The summed E-state index contributed by atoms with van der Waals surface area (Å²) in [7, 11) is 0. The highest BCUT2D eigenvalue weighted by Gasteiger charge is 1.99. The van der Waals surface area contributed by atoms with E-state index in [-0.39, 0.29) is 0 Å². The zero-order chi connectivity index (χ0) is 9.10. The molecule has 0 fully saturated rings. The van der Waals surface area contributed by atoms with Crippen LogP contribution in [0.5, 0.6) is 0 Å². The highest BCUT2D eigenvalue weighted by Crippen LogP contribution is 2.24. The number of pyridine rings is 1. The molecule has 13 heavy (non-hydrogen) atoms. The van der Waals surface area contributed by atoms with Crippen molar-refractivity contribution in [3.8, 4) is 16.5 Å². The topological polar surface area (TPSA) is 36.7 Å². The highest BCUT2D eigenvalue weighted by atomic mass is 32.1. The van der Waals surface area contributed by atoms with E-state index < -0.39 is 0 Å². The van der Waals surface area contributed by atoms with Gasteiger partial charge in [-0.05, 0) is 29.1 Å². The first-order chi connectivity index (χ1) is 6.40. The fourth-order valence-electron chi connectivity index (χ4n) is 1.09. The molecular formula is C10H6N2S. The molecule has 2 nitrogen and oxygen atoms in total. The summed E-state index contributed by atoms with van der Waals surface area (Å²) >= 11 is 1.66. The smallest absolute Gasteiger partial charge is 0.141 e. The monoisotopic (exact) mass is 186 g/mol. The molecule has 2 heterocycles. The summed E-state index contributed by atoms with van der Waals surface area (Å²) in [6.07, 6.45) is 1.66. The molecule has 0 amide bonds. The number of aromatic nitrogens is 1. The maximum atomic E-state index is 8.65. The first kappa shape index (κ1) is 7.96. The molecule has 0 atom stereocenters. The third kappa shape index (κ3) is 1.58. The van der Waals surface area contributed by atoms with Gasteiger partial charge in [0.25, 0.3) is 0 Å². The molecule has 0 aliphatic heterocycles. The number of thiophene rings is 1. The molecule has 0 spiro atoms. The van der Waals surface area contributed by atoms with Crippen LogP contribution in [-0.2, 0) is 0 Å². The second-order valence-corrected chi connectivity index (χ2v) is 3.47. The molecule has 3 heteroatoms. The second-order valence-electron chi connectivity index (χ2n) is 2.52. The standard InChI is InChI=1S/C10H6N2S/c11-7-9-6-8(3-4-12-9)10-2-1-5-13-10/h1-6H. The summed E-state index contributed by atoms with van der Waals surface area (Å²) in [5.74, 6) is 0. The van der Waals surface area contributed by atoms with E-state index in [1.54, 1.807) is 23.6 Å². The zero-order valence-corrected chi connectivity index (χ0v) is 7.58. The fraction of sp³-hybridized carbons (Fsp3) is 0. The summed E-state index contributed by atoms with van der Waals surface area (Å²) in [6.45, 7) is 0. The summed E-state index contributed by atoms with van der Waals surface area (Å²) < 4.78 is 0. The van der Waals surface area contributed by atoms with Crippen LogP contribution in [0, 0.1) is 11.3 Å². The SMILES string of the molecule is N#Cc1cc(-c2cccs2)ccn1. The molecule has 0 unspecified atom stereocenters. The molecule has 0 saturated carbocycles. The van der Waals surface area contributed by atoms with Crippen LogP contribution in [0.4, 0.5) is 0 Å². The van der Waals surface area contributed by atoms with Crippen molar-refractivity contribution >= 4 is 11.3 Å². The summed E-state index contributed by atoms with van der Waals surface area (Å²) in [5, 5.41) is 10.7. The maximum Gasteiger partial charge on any atom is 0.141 e. The highest BCUT2D eigenvalue weighted by molar-refractivity contribution is 7.13. The van der Waals surface area contributed by atoms with Crippen LogP contribution in [0.25, 0.3) is 10.4 Å². The lowest BCUT2D eigenvalue weighted by molar-refractivity contribution is 1.27. The maximum absolute atomic E-state index is 8.65. The van der Waals surface area contributed by atoms with Gasteiger partial charge in [0.15, 0.2) is 0 Å². The lowest BCUT2D eigenvalue weighted by Crippen LogP contribution is -1.81. The molecule has 2 aromatic heterocycles. The van der Waals surface area contributed by atoms with Crippen molar-refractivity contribution in [2.75, 3.05) is 0 Å². The molecule has 0 aromatic carbocycles. The average Bonchev–Trinajstić information content (AvgIpc) is 2.71. The van der Waals surface area contributed by atoms with Crippen LogP contribution in [0.15, 0.2) is 35.8 Å². The van der Waals surface area contributed by atoms with Crippen molar-refractivity contribution in [2.24, 2.45) is 0 Å². The Balaban J connectivity index is 2.49. The second kappa shape index (κ2) is 3.38. The Labute approximate surface area is 80.1 Å². The molecular weight excluding hydrogens is 180 g/mol. The molecule has 62 valence electrons. The van der Waals surface area contributed by atoms with Gasteiger partial charge in [-0.2, -0.15) is 5.26 Å². The van der Waals surface area contributed by atoms with E-state index in [1.807, 2.05) is 29.6 Å². The van der Waals surface area contributed by atoms with Crippen molar-refractivity contribution < 1.29 is 0 Å². The van der Waals surface area contributed by atoms with Crippen LogP contribution < -0.4 is 0 Å². The van der Waals surface area contributed by atoms with Crippen LogP contribution in [0.2, 0.25) is 0 Å². The Morgan fingerprint density at radius 2 is 2.31 bits per heavy atom. The third-order valence-electron chi connectivity index (χ3n) is 1.68. The van der Waals surface area contributed by atoms with E-state index >= 15 is 0 Å². The number of hydrogen-bond donors (Lipinski definition) is 0. The van der Waals surface area contributed by atoms with Gasteiger partial charge < -0.3 is 0 Å². The Morgan fingerprint density at radius 3 is 3.00 bits per heavy atom. The Kier molecular flexibility index (Phi) is 2.07. The Bertz CT molecular complexity index is 440. The van der Waals surface area contributed by atoms with Gasteiger partial charge in [-0.1, -0.05) is 6.07 Å². The van der Waals surface area contributed by atoms with Gasteiger partial charge in [0.05, 0.1) is 0 Å². The molecule has 0 aliphatic rings. The molecule has 2 aromatic rings. The van der Waals surface area contributed by atoms with Crippen molar-refractivity contribution in [3.05, 3.63) is 41.5 Å². The van der Waals surface area contributed by atoms with Crippen molar-refractivity contribution in [1.29, 1.82) is 5.26 Å². The number of hydrogen-bond acceptors (Lipinski definition) is 3. The first-order valence-corrected chi connectivity index (χ1v) is 4.68. The predicted octanol–water partition coefficient (Wildman–Crippen LogP) is 2.68. The summed E-state index contributed by atoms with van der Waals surface area (Å²) in [5.41, 5.74) is 1.52. The average molecular weight is 186 g/mol. The normalized spacial score (nSPS) is 9.46. The van der Waals surface area contributed by atoms with Crippen LogP contribution in [0.3, 0.4) is 0 Å². The van der Waals surface area contributed by atoms with Gasteiger partial charge in [0.1, 0.15) is 11.8 Å². The Morgan fingerprint density at radius 1 is 1.38 bits per heavy atom. The Hall–Kier alpha value is -1.66. The van der Waals surface area contributed by atoms with Gasteiger partial charge in [-0.25, -0.2) is 4.98 Å². The molecule has 0 bridgehead atoms. The third-order valence-corrected chi connectivity index (χ3v) is 2.60. The van der Waals surface area contributed by atoms with Crippen LogP contribution >= 0.6 is 11.3 Å². The predicted molar refractivity (Wildman–Crippen MR) is 52.3 cm³/mol. The molecule has 0 radical (unpaired) electrons. The van der Waals surface area contributed by atoms with E-state index in [1.165, 1.54) is 4.88 Å². The van der Waals surface area contributed by atoms with Gasteiger partial charge in [-0.3, -0.25) is 0 Å². The number of nitriles is 1. The van der Waals surface area contributed by atoms with Gasteiger partial charge in [0.2, 0.25) is 0 Å². The van der Waals surface area contributed by atoms with Crippen LogP contribution in [-0.4, -0.2) is 4.98 Å². The van der Waals surface area contributed by atoms with Gasteiger partial charge in [0, 0.05) is 11.1 Å². The van der Waals surface area contributed by atoms with Gasteiger partial charge >= 0.3 is 0 Å².